The maximum Gasteiger partial charge on any atom is 0.238 e. The first-order chi connectivity index (χ1) is 9.92. The van der Waals surface area contributed by atoms with Crippen molar-refractivity contribution in [3.05, 3.63) is 0 Å². The van der Waals surface area contributed by atoms with Gasteiger partial charge in [-0.25, -0.2) is 0 Å². The van der Waals surface area contributed by atoms with Gasteiger partial charge in [-0.3, -0.25) is 4.79 Å². The molecule has 1 heterocycles. The van der Waals surface area contributed by atoms with E-state index in [-0.39, 0.29) is 19.7 Å². The minimum Gasteiger partial charge on any atom is -0.394 e. The van der Waals surface area contributed by atoms with Crippen molar-refractivity contribution in [2.75, 3.05) is 26.3 Å². The van der Waals surface area contributed by atoms with Crippen molar-refractivity contribution in [1.82, 2.24) is 5.32 Å². The van der Waals surface area contributed by atoms with Gasteiger partial charge in [0.25, 0.3) is 0 Å². The highest BCUT2D eigenvalue weighted by atomic mass is 16.7. The van der Waals surface area contributed by atoms with E-state index in [1.807, 2.05) is 0 Å². The van der Waals surface area contributed by atoms with Gasteiger partial charge in [-0.2, -0.15) is 0 Å². The molecule has 21 heavy (non-hydrogen) atoms. The van der Waals surface area contributed by atoms with Crippen LogP contribution >= 0.6 is 0 Å². The third-order valence-electron chi connectivity index (χ3n) is 3.12. The van der Waals surface area contributed by atoms with E-state index in [0.717, 1.165) is 0 Å². The van der Waals surface area contributed by atoms with E-state index in [4.69, 9.17) is 26.0 Å². The number of nitrogens with one attached hydrogen (secondary N) is 1. The number of carbonyl (C=O) groups is 1. The van der Waals surface area contributed by atoms with Crippen molar-refractivity contribution in [2.24, 2.45) is 11.5 Å². The highest BCUT2D eigenvalue weighted by Crippen LogP contribution is 2.21. The topological polar surface area (TPSA) is 181 Å². The molecule has 6 atom stereocenters. The molecule has 4 unspecified atom stereocenters. The number of hydrogen-bond donors (Lipinski definition) is 7. The van der Waals surface area contributed by atoms with Crippen LogP contribution in [0.3, 0.4) is 0 Å². The number of rotatable bonds is 7. The summed E-state index contributed by atoms with van der Waals surface area (Å²) in [6.45, 7) is -0.445. The molecule has 1 aliphatic rings. The normalized spacial score (nSPS) is 34.5. The maximum atomic E-state index is 11.3. The van der Waals surface area contributed by atoms with Crippen LogP contribution in [0.1, 0.15) is 0 Å². The van der Waals surface area contributed by atoms with Crippen LogP contribution in [-0.2, 0) is 14.3 Å². The molecule has 10 nitrogen and oxygen atoms in total. The van der Waals surface area contributed by atoms with Crippen LogP contribution in [0.15, 0.2) is 0 Å². The second kappa shape index (κ2) is 8.56. The zero-order valence-corrected chi connectivity index (χ0v) is 11.5. The van der Waals surface area contributed by atoms with Crippen LogP contribution in [0, 0.1) is 0 Å². The fourth-order valence-corrected chi connectivity index (χ4v) is 1.79. The second-order valence-electron chi connectivity index (χ2n) is 4.70. The summed E-state index contributed by atoms with van der Waals surface area (Å²) in [5.41, 5.74) is 10.6. The van der Waals surface area contributed by atoms with Crippen LogP contribution in [-0.4, -0.2) is 89.4 Å². The standard InChI is InChI=1S/C11H23N3O7/c12-3-5(13)10(19)14-1-2-20-11-9(18)8(17)7(16)6(4-15)21-11/h5-9,11,15-18H,1-4,12-13H2,(H,14,19)/t5?,6?,7-,8?,9?,11-/m1/s1. The molecule has 1 amide bonds. The lowest BCUT2D eigenvalue weighted by Gasteiger charge is -2.39. The van der Waals surface area contributed by atoms with Crippen LogP contribution in [0.2, 0.25) is 0 Å². The minimum atomic E-state index is -1.50. The summed E-state index contributed by atoms with van der Waals surface area (Å²) in [4.78, 5) is 11.3. The van der Waals surface area contributed by atoms with Gasteiger partial charge in [-0.05, 0) is 0 Å². The molecule has 1 rings (SSSR count). The highest BCUT2D eigenvalue weighted by molar-refractivity contribution is 5.81. The van der Waals surface area contributed by atoms with Gasteiger partial charge >= 0.3 is 0 Å². The Morgan fingerprint density at radius 1 is 1.29 bits per heavy atom. The summed E-state index contributed by atoms with van der Waals surface area (Å²) >= 11 is 0. The monoisotopic (exact) mass is 309 g/mol. The number of carbonyl (C=O) groups excluding carboxylic acids is 1. The smallest absolute Gasteiger partial charge is 0.238 e. The van der Waals surface area contributed by atoms with E-state index in [9.17, 15) is 20.1 Å². The Morgan fingerprint density at radius 3 is 2.52 bits per heavy atom. The predicted molar refractivity (Wildman–Crippen MR) is 69.8 cm³/mol. The molecule has 0 aromatic rings. The molecule has 10 heteroatoms. The summed E-state index contributed by atoms with van der Waals surface area (Å²) in [6, 6.07) is -0.808. The number of hydrogen-bond acceptors (Lipinski definition) is 9. The van der Waals surface area contributed by atoms with Gasteiger partial charge < -0.3 is 46.7 Å². The lowest BCUT2D eigenvalue weighted by atomic mass is 9.99. The van der Waals surface area contributed by atoms with E-state index in [0.29, 0.717) is 0 Å². The molecule has 0 aromatic carbocycles. The quantitative estimate of drug-likeness (QED) is 0.227. The average Bonchev–Trinajstić information content (AvgIpc) is 2.49. The number of amides is 1. The lowest BCUT2D eigenvalue weighted by molar-refractivity contribution is -0.300. The van der Waals surface area contributed by atoms with Crippen LogP contribution in [0.25, 0.3) is 0 Å². The van der Waals surface area contributed by atoms with Crippen molar-refractivity contribution in [1.29, 1.82) is 0 Å². The van der Waals surface area contributed by atoms with Gasteiger partial charge in [-0.1, -0.05) is 0 Å². The predicted octanol–water partition coefficient (Wildman–Crippen LogP) is -4.79. The maximum absolute atomic E-state index is 11.3. The molecule has 0 aliphatic carbocycles. The van der Waals surface area contributed by atoms with Gasteiger partial charge in [0.1, 0.15) is 24.4 Å². The molecular weight excluding hydrogens is 286 g/mol. The summed E-state index contributed by atoms with van der Waals surface area (Å²) in [6.07, 6.45) is -6.66. The molecule has 0 radical (unpaired) electrons. The number of nitrogens with two attached hydrogens (primary N) is 2. The van der Waals surface area contributed by atoms with Crippen molar-refractivity contribution in [3.8, 4) is 0 Å². The first kappa shape index (κ1) is 18.2. The SMILES string of the molecule is NCC(N)C(=O)NCCO[C@@H]1OC(CO)[C@@H](O)C(O)C1O. The van der Waals surface area contributed by atoms with Crippen molar-refractivity contribution in [3.63, 3.8) is 0 Å². The van der Waals surface area contributed by atoms with Crippen molar-refractivity contribution < 1.29 is 34.7 Å². The molecule has 1 aliphatic heterocycles. The Hall–Kier alpha value is -0.850. The Labute approximate surface area is 121 Å². The Morgan fingerprint density at radius 2 is 1.95 bits per heavy atom. The summed E-state index contributed by atoms with van der Waals surface area (Å²) in [5, 5.41) is 40.3. The molecular formula is C11H23N3O7. The van der Waals surface area contributed by atoms with Gasteiger partial charge in [-0.15, -0.1) is 0 Å². The zero-order valence-electron chi connectivity index (χ0n) is 11.5. The average molecular weight is 309 g/mol. The van der Waals surface area contributed by atoms with E-state index in [1.54, 1.807) is 0 Å². The van der Waals surface area contributed by atoms with Crippen LogP contribution in [0.5, 0.6) is 0 Å². The van der Waals surface area contributed by atoms with E-state index in [1.165, 1.54) is 0 Å². The Bertz CT molecular complexity index is 331. The van der Waals surface area contributed by atoms with Gasteiger partial charge in [0, 0.05) is 13.1 Å². The molecule has 1 saturated heterocycles. The Kier molecular flexibility index (Phi) is 7.42. The number of ether oxygens (including phenoxy) is 2. The molecule has 0 spiro atoms. The fraction of sp³-hybridized carbons (Fsp3) is 0.909. The fourth-order valence-electron chi connectivity index (χ4n) is 1.79. The molecule has 0 saturated carbocycles. The Balaban J connectivity index is 2.35. The molecule has 124 valence electrons. The van der Waals surface area contributed by atoms with Crippen LogP contribution < -0.4 is 16.8 Å². The first-order valence-corrected chi connectivity index (χ1v) is 6.57. The largest absolute Gasteiger partial charge is 0.394 e. The number of aliphatic hydroxyl groups is 4. The second-order valence-corrected chi connectivity index (χ2v) is 4.70. The first-order valence-electron chi connectivity index (χ1n) is 6.57. The molecule has 0 aromatic heterocycles. The number of aliphatic hydroxyl groups excluding tert-OH is 4. The lowest BCUT2D eigenvalue weighted by Crippen LogP contribution is -2.59. The summed E-state index contributed by atoms with van der Waals surface area (Å²) < 4.78 is 10.3. The molecule has 0 bridgehead atoms. The third-order valence-corrected chi connectivity index (χ3v) is 3.12. The highest BCUT2D eigenvalue weighted by Gasteiger charge is 2.43. The van der Waals surface area contributed by atoms with E-state index >= 15 is 0 Å². The van der Waals surface area contributed by atoms with Gasteiger partial charge in [0.05, 0.1) is 19.3 Å². The molecule has 1 fully saturated rings. The van der Waals surface area contributed by atoms with Crippen molar-refractivity contribution in [2.45, 2.75) is 36.7 Å². The van der Waals surface area contributed by atoms with Gasteiger partial charge in [0.2, 0.25) is 5.91 Å². The third kappa shape index (κ3) is 4.83. The molecule has 9 N–H and O–H groups in total. The van der Waals surface area contributed by atoms with E-state index in [2.05, 4.69) is 5.32 Å². The van der Waals surface area contributed by atoms with E-state index < -0.39 is 49.3 Å². The minimum absolute atomic E-state index is 0.0133. The zero-order chi connectivity index (χ0) is 16.0. The van der Waals surface area contributed by atoms with Crippen molar-refractivity contribution >= 4 is 5.91 Å². The summed E-state index contributed by atoms with van der Waals surface area (Å²) in [5.74, 6) is -0.435. The summed E-state index contributed by atoms with van der Waals surface area (Å²) in [7, 11) is 0. The van der Waals surface area contributed by atoms with Crippen LogP contribution in [0.4, 0.5) is 0 Å². The van der Waals surface area contributed by atoms with Gasteiger partial charge in [0.15, 0.2) is 6.29 Å².